The molecule has 0 unspecified atom stereocenters. The van der Waals surface area contributed by atoms with Crippen LogP contribution in [0, 0.1) is 13.8 Å². The topological polar surface area (TPSA) is 72.6 Å². The number of aryl methyl sites for hydroxylation is 1. The summed E-state index contributed by atoms with van der Waals surface area (Å²) >= 11 is 0. The van der Waals surface area contributed by atoms with Crippen molar-refractivity contribution in [2.24, 2.45) is 0 Å². The third-order valence-corrected chi connectivity index (χ3v) is 5.30. The Kier molecular flexibility index (Phi) is 5.98. The van der Waals surface area contributed by atoms with Gasteiger partial charge in [-0.3, -0.25) is 0 Å². The number of nitrogen functional groups attached to an aromatic ring is 1. The van der Waals surface area contributed by atoms with E-state index in [1.165, 1.54) is 4.31 Å². The van der Waals surface area contributed by atoms with E-state index in [2.05, 4.69) is 0 Å². The van der Waals surface area contributed by atoms with E-state index in [-0.39, 0.29) is 4.90 Å². The highest BCUT2D eigenvalue weighted by Crippen LogP contribution is 2.25. The van der Waals surface area contributed by atoms with Crippen LogP contribution in [-0.2, 0) is 14.8 Å². The van der Waals surface area contributed by atoms with Gasteiger partial charge in [-0.1, -0.05) is 6.92 Å². The maximum absolute atomic E-state index is 12.7. The van der Waals surface area contributed by atoms with Gasteiger partial charge in [-0.05, 0) is 44.0 Å². The van der Waals surface area contributed by atoms with Crippen LogP contribution in [0.3, 0.4) is 0 Å². The van der Waals surface area contributed by atoms with E-state index in [0.29, 0.717) is 37.6 Å². The van der Waals surface area contributed by atoms with Crippen molar-refractivity contribution >= 4 is 15.7 Å². The number of hydrogen-bond acceptors (Lipinski definition) is 4. The molecular formula is C14H24N2O3S. The molecule has 0 aliphatic heterocycles. The van der Waals surface area contributed by atoms with Crippen molar-refractivity contribution in [3.8, 4) is 0 Å². The van der Waals surface area contributed by atoms with Crippen LogP contribution in [0.25, 0.3) is 0 Å². The molecule has 0 amide bonds. The maximum Gasteiger partial charge on any atom is 0.243 e. The van der Waals surface area contributed by atoms with Gasteiger partial charge in [0.25, 0.3) is 0 Å². The Morgan fingerprint density at radius 1 is 1.25 bits per heavy atom. The highest BCUT2D eigenvalue weighted by Gasteiger charge is 2.25. The zero-order valence-electron chi connectivity index (χ0n) is 12.6. The smallest absolute Gasteiger partial charge is 0.243 e. The van der Waals surface area contributed by atoms with Crippen molar-refractivity contribution in [3.63, 3.8) is 0 Å². The van der Waals surface area contributed by atoms with Crippen molar-refractivity contribution in [3.05, 3.63) is 23.3 Å². The van der Waals surface area contributed by atoms with E-state index in [4.69, 9.17) is 10.5 Å². The van der Waals surface area contributed by atoms with E-state index >= 15 is 0 Å². The normalized spacial score (nSPS) is 12.1. The van der Waals surface area contributed by atoms with Crippen molar-refractivity contribution < 1.29 is 13.2 Å². The van der Waals surface area contributed by atoms with Crippen LogP contribution in [0.5, 0.6) is 0 Å². The Morgan fingerprint density at radius 2 is 1.90 bits per heavy atom. The Labute approximate surface area is 121 Å². The third kappa shape index (κ3) is 3.71. The van der Waals surface area contributed by atoms with Crippen molar-refractivity contribution in [2.75, 3.05) is 32.0 Å². The summed E-state index contributed by atoms with van der Waals surface area (Å²) in [5.41, 5.74) is 7.82. The van der Waals surface area contributed by atoms with Gasteiger partial charge in [-0.2, -0.15) is 4.31 Å². The van der Waals surface area contributed by atoms with Gasteiger partial charge in [-0.15, -0.1) is 0 Å². The van der Waals surface area contributed by atoms with E-state index in [0.717, 1.165) is 5.56 Å². The Balaban J connectivity index is 3.14. The van der Waals surface area contributed by atoms with Crippen LogP contribution in [0.4, 0.5) is 5.69 Å². The monoisotopic (exact) mass is 300 g/mol. The zero-order valence-corrected chi connectivity index (χ0v) is 13.5. The number of nitrogens with zero attached hydrogens (tertiary/aromatic N) is 1. The molecule has 1 rings (SSSR count). The van der Waals surface area contributed by atoms with Crippen LogP contribution in [0.15, 0.2) is 17.0 Å². The second kappa shape index (κ2) is 7.06. The Morgan fingerprint density at radius 3 is 2.45 bits per heavy atom. The fourth-order valence-electron chi connectivity index (χ4n) is 2.02. The van der Waals surface area contributed by atoms with Crippen LogP contribution in [0.1, 0.15) is 25.0 Å². The van der Waals surface area contributed by atoms with Crippen molar-refractivity contribution in [1.82, 2.24) is 4.31 Å². The number of ether oxygens (including phenoxy) is 1. The molecule has 20 heavy (non-hydrogen) atoms. The summed E-state index contributed by atoms with van der Waals surface area (Å²) in [7, 11) is -3.53. The predicted octanol–water partition coefficient (Wildman–Crippen LogP) is 1.93. The van der Waals surface area contributed by atoms with Crippen LogP contribution >= 0.6 is 0 Å². The number of anilines is 1. The van der Waals surface area contributed by atoms with E-state index < -0.39 is 10.0 Å². The molecule has 0 aliphatic rings. The second-order valence-corrected chi connectivity index (χ2v) is 6.58. The first-order valence-corrected chi connectivity index (χ1v) is 8.23. The second-order valence-electron chi connectivity index (χ2n) is 4.67. The molecule has 0 atom stereocenters. The minimum absolute atomic E-state index is 0.286. The molecule has 1 aromatic carbocycles. The van der Waals surface area contributed by atoms with Gasteiger partial charge in [0.05, 0.1) is 11.5 Å². The summed E-state index contributed by atoms with van der Waals surface area (Å²) in [6.07, 6.45) is 0. The Hall–Kier alpha value is -1.11. The number of likely N-dealkylation sites (N-methyl/N-ethyl adjacent to an activating group) is 1. The van der Waals surface area contributed by atoms with Crippen LogP contribution in [-0.4, -0.2) is 39.0 Å². The summed E-state index contributed by atoms with van der Waals surface area (Å²) < 4.78 is 32.1. The van der Waals surface area contributed by atoms with Gasteiger partial charge >= 0.3 is 0 Å². The van der Waals surface area contributed by atoms with Gasteiger partial charge < -0.3 is 10.5 Å². The first kappa shape index (κ1) is 16.9. The molecule has 0 heterocycles. The van der Waals surface area contributed by atoms with Crippen molar-refractivity contribution in [1.29, 1.82) is 0 Å². The standard InChI is InChI=1S/C14H24N2O3S/c1-5-16(7-8-19-6-2)20(17,18)14-10-11(3)9-13(15)12(14)4/h9-10H,5-8,15H2,1-4H3. The molecule has 0 saturated carbocycles. The summed E-state index contributed by atoms with van der Waals surface area (Å²) in [5.74, 6) is 0. The molecule has 5 nitrogen and oxygen atoms in total. The maximum atomic E-state index is 12.7. The van der Waals surface area contributed by atoms with Gasteiger partial charge in [0.15, 0.2) is 0 Å². The molecule has 1 aromatic rings. The van der Waals surface area contributed by atoms with Crippen LogP contribution < -0.4 is 5.73 Å². The SMILES string of the molecule is CCOCCN(CC)S(=O)(=O)c1cc(C)cc(N)c1C. The molecule has 0 fully saturated rings. The lowest BCUT2D eigenvalue weighted by Gasteiger charge is -2.22. The van der Waals surface area contributed by atoms with Gasteiger partial charge in [-0.25, -0.2) is 8.42 Å². The van der Waals surface area contributed by atoms with Gasteiger partial charge in [0.2, 0.25) is 10.0 Å². The number of benzene rings is 1. The summed E-state index contributed by atoms with van der Waals surface area (Å²) in [4.78, 5) is 0.286. The van der Waals surface area contributed by atoms with Crippen LogP contribution in [0.2, 0.25) is 0 Å². The lowest BCUT2D eigenvalue weighted by Crippen LogP contribution is -2.34. The fourth-order valence-corrected chi connectivity index (χ4v) is 3.79. The summed E-state index contributed by atoms with van der Waals surface area (Å²) in [6, 6.07) is 3.45. The fraction of sp³-hybridized carbons (Fsp3) is 0.571. The van der Waals surface area contributed by atoms with Crippen molar-refractivity contribution in [2.45, 2.75) is 32.6 Å². The Bertz CT molecular complexity index is 556. The zero-order chi connectivity index (χ0) is 15.3. The highest BCUT2D eigenvalue weighted by molar-refractivity contribution is 7.89. The first-order chi connectivity index (χ1) is 9.34. The molecule has 0 radical (unpaired) electrons. The molecule has 2 N–H and O–H groups in total. The molecule has 114 valence electrons. The van der Waals surface area contributed by atoms with Gasteiger partial charge in [0.1, 0.15) is 0 Å². The number of rotatable bonds is 7. The average Bonchev–Trinajstić information content (AvgIpc) is 2.38. The molecule has 6 heteroatoms. The predicted molar refractivity (Wildman–Crippen MR) is 81.3 cm³/mol. The average molecular weight is 300 g/mol. The van der Waals surface area contributed by atoms with E-state index in [1.807, 2.05) is 20.8 Å². The number of sulfonamides is 1. The minimum atomic E-state index is -3.53. The molecular weight excluding hydrogens is 276 g/mol. The quantitative estimate of drug-likeness (QED) is 0.617. The molecule has 0 aliphatic carbocycles. The molecule has 0 saturated heterocycles. The highest BCUT2D eigenvalue weighted by atomic mass is 32.2. The molecule has 0 aromatic heterocycles. The summed E-state index contributed by atoms with van der Waals surface area (Å²) in [6.45, 7) is 9.00. The molecule has 0 spiro atoms. The van der Waals surface area contributed by atoms with E-state index in [9.17, 15) is 8.42 Å². The molecule has 0 bridgehead atoms. The van der Waals surface area contributed by atoms with Gasteiger partial charge in [0, 0.05) is 25.4 Å². The van der Waals surface area contributed by atoms with E-state index in [1.54, 1.807) is 19.1 Å². The third-order valence-electron chi connectivity index (χ3n) is 3.20. The first-order valence-electron chi connectivity index (χ1n) is 6.79. The number of hydrogen-bond donors (Lipinski definition) is 1. The largest absolute Gasteiger partial charge is 0.398 e. The minimum Gasteiger partial charge on any atom is -0.398 e. The number of nitrogens with two attached hydrogens (primary N) is 1. The lowest BCUT2D eigenvalue weighted by molar-refractivity contribution is 0.135. The summed E-state index contributed by atoms with van der Waals surface area (Å²) in [5, 5.41) is 0. The lowest BCUT2D eigenvalue weighted by atomic mass is 10.1.